The molecule has 4 rings (SSSR count). The lowest BCUT2D eigenvalue weighted by atomic mass is 10.0. The number of rotatable bonds is 8. The summed E-state index contributed by atoms with van der Waals surface area (Å²) in [5, 5.41) is 5.05. The fourth-order valence-electron chi connectivity index (χ4n) is 3.80. The molecule has 30 heavy (non-hydrogen) atoms. The lowest BCUT2D eigenvalue weighted by molar-refractivity contribution is -0.687. The van der Waals surface area contributed by atoms with Crippen molar-refractivity contribution < 1.29 is 19.3 Å². The Labute approximate surface area is 175 Å². The minimum Gasteiger partial charge on any atom is -0.463 e. The van der Waals surface area contributed by atoms with E-state index in [1.807, 2.05) is 54.6 Å². The standard InChI is InChI=1S/C24H25N3O3/c28-22(26-19-10-12-20(13-11-19)27-16-4-9-23(27)29)14-15-25-24(21-8-5-17-30-21)18-6-2-1-3-7-18/h1-3,5-8,10-13,17,24-25H,4,9,14-16H2,(H,26,28)/p+1/t24-/m1/s1. The van der Waals surface area contributed by atoms with E-state index in [0.29, 0.717) is 19.4 Å². The second-order valence-corrected chi connectivity index (χ2v) is 7.42. The molecule has 1 saturated heterocycles. The summed E-state index contributed by atoms with van der Waals surface area (Å²) < 4.78 is 5.60. The second kappa shape index (κ2) is 9.41. The van der Waals surface area contributed by atoms with Gasteiger partial charge in [-0.2, -0.15) is 0 Å². The van der Waals surface area contributed by atoms with E-state index in [1.54, 1.807) is 11.2 Å². The highest BCUT2D eigenvalue weighted by Gasteiger charge is 2.22. The Morgan fingerprint density at radius 1 is 1.07 bits per heavy atom. The number of carbonyl (C=O) groups excluding carboxylic acids is 2. The van der Waals surface area contributed by atoms with Crippen molar-refractivity contribution in [3.63, 3.8) is 0 Å². The average Bonchev–Trinajstić information content (AvgIpc) is 3.44. The third-order valence-corrected chi connectivity index (χ3v) is 5.32. The van der Waals surface area contributed by atoms with Gasteiger partial charge in [0.25, 0.3) is 0 Å². The molecule has 0 radical (unpaired) electrons. The van der Waals surface area contributed by atoms with Gasteiger partial charge in [-0.15, -0.1) is 0 Å². The Morgan fingerprint density at radius 3 is 2.53 bits per heavy atom. The molecule has 2 amide bonds. The monoisotopic (exact) mass is 404 g/mol. The van der Waals surface area contributed by atoms with Crippen LogP contribution >= 0.6 is 0 Å². The van der Waals surface area contributed by atoms with Gasteiger partial charge in [0.1, 0.15) is 0 Å². The van der Waals surface area contributed by atoms with Gasteiger partial charge in [0, 0.05) is 29.9 Å². The van der Waals surface area contributed by atoms with E-state index in [-0.39, 0.29) is 17.9 Å². The van der Waals surface area contributed by atoms with Crippen molar-refractivity contribution in [2.24, 2.45) is 0 Å². The van der Waals surface area contributed by atoms with Crippen molar-refractivity contribution in [3.8, 4) is 0 Å². The molecule has 1 aliphatic heterocycles. The molecule has 0 aliphatic carbocycles. The SMILES string of the molecule is O=C(CC[NH2+][C@H](c1ccccc1)c1ccco1)Nc1ccc(N2CCCC2=O)cc1. The molecule has 1 fully saturated rings. The molecule has 2 aromatic carbocycles. The highest BCUT2D eigenvalue weighted by molar-refractivity contribution is 5.96. The summed E-state index contributed by atoms with van der Waals surface area (Å²) in [5.41, 5.74) is 2.76. The van der Waals surface area contributed by atoms with Gasteiger partial charge in [-0.1, -0.05) is 30.3 Å². The molecular formula is C24H26N3O3+. The van der Waals surface area contributed by atoms with Crippen LogP contribution in [0.25, 0.3) is 0 Å². The van der Waals surface area contributed by atoms with Crippen molar-refractivity contribution in [1.82, 2.24) is 0 Å². The van der Waals surface area contributed by atoms with Gasteiger partial charge >= 0.3 is 0 Å². The molecule has 0 saturated carbocycles. The Morgan fingerprint density at radius 2 is 1.87 bits per heavy atom. The molecule has 3 N–H and O–H groups in total. The minimum absolute atomic E-state index is 0.0197. The lowest BCUT2D eigenvalue weighted by Crippen LogP contribution is -2.85. The first-order valence-electron chi connectivity index (χ1n) is 10.3. The molecule has 1 atom stereocenters. The molecule has 3 aromatic rings. The summed E-state index contributed by atoms with van der Waals surface area (Å²) >= 11 is 0. The van der Waals surface area contributed by atoms with Crippen molar-refractivity contribution in [2.75, 3.05) is 23.3 Å². The first-order chi connectivity index (χ1) is 14.7. The van der Waals surface area contributed by atoms with Gasteiger partial charge in [-0.3, -0.25) is 9.59 Å². The fourth-order valence-corrected chi connectivity index (χ4v) is 3.80. The molecule has 2 heterocycles. The second-order valence-electron chi connectivity index (χ2n) is 7.42. The van der Waals surface area contributed by atoms with Crippen LogP contribution in [0.1, 0.15) is 36.6 Å². The Hall–Kier alpha value is -3.38. The van der Waals surface area contributed by atoms with Crippen molar-refractivity contribution in [3.05, 3.63) is 84.3 Å². The molecule has 0 unspecified atom stereocenters. The maximum Gasteiger partial charge on any atom is 0.230 e. The molecule has 154 valence electrons. The number of benzene rings is 2. The Balaban J connectivity index is 1.30. The van der Waals surface area contributed by atoms with Crippen LogP contribution in [-0.4, -0.2) is 24.9 Å². The summed E-state index contributed by atoms with van der Waals surface area (Å²) in [7, 11) is 0. The van der Waals surface area contributed by atoms with Crippen LogP contribution in [0.5, 0.6) is 0 Å². The van der Waals surface area contributed by atoms with E-state index in [4.69, 9.17) is 4.42 Å². The number of amides is 2. The smallest absolute Gasteiger partial charge is 0.230 e. The number of hydrogen-bond donors (Lipinski definition) is 2. The van der Waals surface area contributed by atoms with E-state index in [0.717, 1.165) is 35.7 Å². The lowest BCUT2D eigenvalue weighted by Gasteiger charge is -2.16. The zero-order chi connectivity index (χ0) is 20.8. The van der Waals surface area contributed by atoms with Gasteiger partial charge in [-0.05, 0) is 42.8 Å². The van der Waals surface area contributed by atoms with Crippen LogP contribution in [0.4, 0.5) is 11.4 Å². The van der Waals surface area contributed by atoms with Gasteiger partial charge in [0.2, 0.25) is 11.8 Å². The summed E-state index contributed by atoms with van der Waals surface area (Å²) in [6.45, 7) is 1.39. The molecule has 6 heteroatoms. The normalized spacial score (nSPS) is 14.7. The Kier molecular flexibility index (Phi) is 6.25. The van der Waals surface area contributed by atoms with Crippen molar-refractivity contribution in [2.45, 2.75) is 25.3 Å². The van der Waals surface area contributed by atoms with Crippen molar-refractivity contribution >= 4 is 23.2 Å². The van der Waals surface area contributed by atoms with E-state index in [2.05, 4.69) is 22.8 Å². The van der Waals surface area contributed by atoms with E-state index in [9.17, 15) is 9.59 Å². The fraction of sp³-hybridized carbons (Fsp3) is 0.250. The summed E-state index contributed by atoms with van der Waals surface area (Å²) in [6.07, 6.45) is 3.56. The first-order valence-corrected chi connectivity index (χ1v) is 10.3. The van der Waals surface area contributed by atoms with Crippen LogP contribution in [0.2, 0.25) is 0 Å². The average molecular weight is 404 g/mol. The number of hydrogen-bond acceptors (Lipinski definition) is 3. The predicted octanol–water partition coefficient (Wildman–Crippen LogP) is 3.09. The highest BCUT2D eigenvalue weighted by atomic mass is 16.3. The third-order valence-electron chi connectivity index (χ3n) is 5.32. The summed E-state index contributed by atoms with van der Waals surface area (Å²) in [6, 6.07) is 21.4. The minimum atomic E-state index is -0.0393. The predicted molar refractivity (Wildman–Crippen MR) is 115 cm³/mol. The summed E-state index contributed by atoms with van der Waals surface area (Å²) in [5.74, 6) is 0.989. The van der Waals surface area contributed by atoms with Gasteiger partial charge in [-0.25, -0.2) is 0 Å². The number of carbonyl (C=O) groups is 2. The zero-order valence-electron chi connectivity index (χ0n) is 16.8. The van der Waals surface area contributed by atoms with Gasteiger partial charge in [0.05, 0.1) is 19.2 Å². The van der Waals surface area contributed by atoms with Crippen LogP contribution in [0.3, 0.4) is 0 Å². The highest BCUT2D eigenvalue weighted by Crippen LogP contribution is 2.23. The third kappa shape index (κ3) is 4.78. The maximum atomic E-state index is 12.4. The van der Waals surface area contributed by atoms with Crippen LogP contribution in [-0.2, 0) is 9.59 Å². The molecule has 0 spiro atoms. The van der Waals surface area contributed by atoms with E-state index in [1.165, 1.54) is 0 Å². The number of furan rings is 1. The first kappa shape index (κ1) is 19.9. The topological polar surface area (TPSA) is 79.2 Å². The van der Waals surface area contributed by atoms with Gasteiger partial charge < -0.3 is 20.0 Å². The largest absolute Gasteiger partial charge is 0.463 e. The number of nitrogens with two attached hydrogens (primary N) is 1. The number of anilines is 2. The number of quaternary nitrogens is 1. The molecular weight excluding hydrogens is 378 g/mol. The van der Waals surface area contributed by atoms with E-state index >= 15 is 0 Å². The van der Waals surface area contributed by atoms with Crippen LogP contribution in [0, 0.1) is 0 Å². The van der Waals surface area contributed by atoms with Crippen molar-refractivity contribution in [1.29, 1.82) is 0 Å². The zero-order valence-corrected chi connectivity index (χ0v) is 16.8. The summed E-state index contributed by atoms with van der Waals surface area (Å²) in [4.78, 5) is 26.0. The van der Waals surface area contributed by atoms with Crippen LogP contribution in [0.15, 0.2) is 77.4 Å². The Bertz CT molecular complexity index is 969. The number of nitrogens with one attached hydrogen (secondary N) is 1. The van der Waals surface area contributed by atoms with Gasteiger partial charge in [0.15, 0.2) is 11.8 Å². The van der Waals surface area contributed by atoms with Crippen LogP contribution < -0.4 is 15.5 Å². The maximum absolute atomic E-state index is 12.4. The number of nitrogens with zero attached hydrogens (tertiary/aromatic N) is 1. The molecule has 1 aromatic heterocycles. The molecule has 1 aliphatic rings. The molecule has 0 bridgehead atoms. The molecule has 6 nitrogen and oxygen atoms in total. The van der Waals surface area contributed by atoms with E-state index < -0.39 is 0 Å². The quantitative estimate of drug-likeness (QED) is 0.606.